The summed E-state index contributed by atoms with van der Waals surface area (Å²) in [5.74, 6) is -0.105. The molecular weight excluding hydrogens is 388 g/mol. The van der Waals surface area contributed by atoms with E-state index >= 15 is 0 Å². The molecule has 1 aliphatic heterocycles. The van der Waals surface area contributed by atoms with Crippen LogP contribution in [0.5, 0.6) is 0 Å². The quantitative estimate of drug-likeness (QED) is 0.478. The maximum Gasteiger partial charge on any atom is 0.243 e. The smallest absolute Gasteiger partial charge is 0.243 e. The van der Waals surface area contributed by atoms with E-state index in [1.165, 1.54) is 0 Å². The van der Waals surface area contributed by atoms with Gasteiger partial charge in [0.05, 0.1) is 22.5 Å². The Morgan fingerprint density at radius 1 is 1.10 bits per heavy atom. The number of benzene rings is 2. The third-order valence-corrected chi connectivity index (χ3v) is 7.22. The van der Waals surface area contributed by atoms with E-state index in [1.807, 2.05) is 28.8 Å². The minimum atomic E-state index is -3.12. The van der Waals surface area contributed by atoms with Crippen LogP contribution in [0.4, 0.5) is 0 Å². The molecule has 150 valence electrons. The van der Waals surface area contributed by atoms with E-state index in [0.717, 1.165) is 0 Å². The SMILES string of the molecule is C=CCN(C(=O)Cn1c2ccccc2c(=O)c2ccccc21)C1CCS(=O)(=O)C1. The van der Waals surface area contributed by atoms with Crippen LogP contribution in [0.2, 0.25) is 0 Å². The normalized spacial score (nSPS) is 18.1. The fourth-order valence-corrected chi connectivity index (χ4v) is 5.82. The molecule has 6 nitrogen and oxygen atoms in total. The van der Waals surface area contributed by atoms with Gasteiger partial charge in [0.15, 0.2) is 15.3 Å². The number of pyridine rings is 1. The summed E-state index contributed by atoms with van der Waals surface area (Å²) < 4.78 is 25.7. The van der Waals surface area contributed by atoms with Crippen molar-refractivity contribution in [3.05, 3.63) is 71.4 Å². The summed E-state index contributed by atoms with van der Waals surface area (Å²) >= 11 is 0. The van der Waals surface area contributed by atoms with Gasteiger partial charge >= 0.3 is 0 Å². The van der Waals surface area contributed by atoms with Gasteiger partial charge in [-0.2, -0.15) is 0 Å². The van der Waals surface area contributed by atoms with Crippen LogP contribution in [-0.2, 0) is 21.2 Å². The minimum absolute atomic E-state index is 0.0156. The molecule has 1 saturated heterocycles. The van der Waals surface area contributed by atoms with Gasteiger partial charge in [0, 0.05) is 23.4 Å². The highest BCUT2D eigenvalue weighted by Crippen LogP contribution is 2.22. The summed E-state index contributed by atoms with van der Waals surface area (Å²) in [6.45, 7) is 4.02. The number of hydrogen-bond donors (Lipinski definition) is 0. The molecule has 0 N–H and O–H groups in total. The lowest BCUT2D eigenvalue weighted by atomic mass is 10.1. The predicted octanol–water partition coefficient (Wildman–Crippen LogP) is 2.36. The molecule has 0 bridgehead atoms. The Labute approximate surface area is 169 Å². The number of sulfone groups is 1. The Bertz CT molecular complexity index is 1220. The van der Waals surface area contributed by atoms with Gasteiger partial charge in [-0.1, -0.05) is 30.3 Å². The first-order valence-corrected chi connectivity index (χ1v) is 11.3. The first-order chi connectivity index (χ1) is 13.9. The summed E-state index contributed by atoms with van der Waals surface area (Å²) in [5.41, 5.74) is 1.30. The number of fused-ring (bicyclic) bond motifs is 2. The van der Waals surface area contributed by atoms with E-state index in [9.17, 15) is 18.0 Å². The zero-order valence-corrected chi connectivity index (χ0v) is 16.8. The maximum atomic E-state index is 13.3. The first-order valence-electron chi connectivity index (χ1n) is 9.52. The zero-order chi connectivity index (χ0) is 20.6. The van der Waals surface area contributed by atoms with Crippen LogP contribution >= 0.6 is 0 Å². The van der Waals surface area contributed by atoms with Crippen molar-refractivity contribution >= 4 is 37.6 Å². The summed E-state index contributed by atoms with van der Waals surface area (Å²) in [6.07, 6.45) is 2.05. The lowest BCUT2D eigenvalue weighted by Crippen LogP contribution is -2.43. The van der Waals surface area contributed by atoms with Gasteiger partial charge in [-0.15, -0.1) is 6.58 Å². The Hall–Kier alpha value is -2.93. The Morgan fingerprint density at radius 3 is 2.21 bits per heavy atom. The van der Waals surface area contributed by atoms with Crippen molar-refractivity contribution in [2.45, 2.75) is 19.0 Å². The number of rotatable bonds is 5. The number of amides is 1. The predicted molar refractivity (Wildman–Crippen MR) is 115 cm³/mol. The van der Waals surface area contributed by atoms with Crippen molar-refractivity contribution in [1.82, 2.24) is 9.47 Å². The topological polar surface area (TPSA) is 76.5 Å². The molecule has 1 amide bonds. The van der Waals surface area contributed by atoms with Crippen molar-refractivity contribution in [2.24, 2.45) is 0 Å². The van der Waals surface area contributed by atoms with Gasteiger partial charge in [0.25, 0.3) is 0 Å². The number of hydrogen-bond acceptors (Lipinski definition) is 4. The summed E-state index contributed by atoms with van der Waals surface area (Å²) in [5, 5.41) is 1.11. The molecule has 1 aliphatic rings. The van der Waals surface area contributed by atoms with E-state index in [2.05, 4.69) is 6.58 Å². The molecule has 0 aliphatic carbocycles. The highest BCUT2D eigenvalue weighted by molar-refractivity contribution is 7.91. The Morgan fingerprint density at radius 2 is 1.69 bits per heavy atom. The largest absolute Gasteiger partial charge is 0.333 e. The summed E-state index contributed by atoms with van der Waals surface area (Å²) in [6, 6.07) is 14.1. The standard InChI is InChI=1S/C22H22N2O4S/c1-2-12-23(16-11-13-29(27,28)15-16)21(25)14-24-19-9-5-3-7-17(19)22(26)18-8-4-6-10-20(18)24/h2-10,16H,1,11-15H2. The van der Waals surface area contributed by atoms with Gasteiger partial charge in [0.2, 0.25) is 5.91 Å². The number of carbonyl (C=O) groups excluding carboxylic acids is 1. The molecule has 0 spiro atoms. The van der Waals surface area contributed by atoms with Crippen LogP contribution in [0.3, 0.4) is 0 Å². The molecule has 4 rings (SSSR count). The monoisotopic (exact) mass is 410 g/mol. The lowest BCUT2D eigenvalue weighted by molar-refractivity contribution is -0.132. The Balaban J connectivity index is 1.80. The van der Waals surface area contributed by atoms with Crippen LogP contribution in [0.25, 0.3) is 21.8 Å². The van der Waals surface area contributed by atoms with Gasteiger partial charge in [-0.3, -0.25) is 9.59 Å². The second-order valence-corrected chi connectivity index (χ2v) is 9.57. The molecule has 1 aromatic heterocycles. The van der Waals surface area contributed by atoms with Crippen LogP contribution < -0.4 is 5.43 Å². The third kappa shape index (κ3) is 3.58. The average molecular weight is 410 g/mol. The van der Waals surface area contributed by atoms with Gasteiger partial charge in [0.1, 0.15) is 6.54 Å². The minimum Gasteiger partial charge on any atom is -0.333 e. The van der Waals surface area contributed by atoms with Crippen LogP contribution in [0.15, 0.2) is 66.0 Å². The van der Waals surface area contributed by atoms with Crippen LogP contribution in [0, 0.1) is 0 Å². The third-order valence-electron chi connectivity index (χ3n) is 5.47. The molecule has 7 heteroatoms. The molecule has 1 unspecified atom stereocenters. The number of para-hydroxylation sites is 2. The van der Waals surface area contributed by atoms with Crippen molar-refractivity contribution < 1.29 is 13.2 Å². The van der Waals surface area contributed by atoms with Gasteiger partial charge in [-0.05, 0) is 30.7 Å². The summed E-state index contributed by atoms with van der Waals surface area (Å²) in [7, 11) is -3.12. The van der Waals surface area contributed by atoms with Crippen molar-refractivity contribution in [2.75, 3.05) is 18.1 Å². The molecule has 29 heavy (non-hydrogen) atoms. The van der Waals surface area contributed by atoms with Crippen LogP contribution in [-0.4, -0.2) is 47.9 Å². The number of carbonyl (C=O) groups is 1. The molecule has 2 aromatic carbocycles. The zero-order valence-electron chi connectivity index (χ0n) is 16.0. The fraction of sp³-hybridized carbons (Fsp3) is 0.273. The van der Waals surface area contributed by atoms with E-state index in [-0.39, 0.29) is 42.0 Å². The molecule has 3 aromatic rings. The van der Waals surface area contributed by atoms with Gasteiger partial charge < -0.3 is 9.47 Å². The van der Waals surface area contributed by atoms with E-state index in [1.54, 1.807) is 35.2 Å². The molecule has 0 saturated carbocycles. The van der Waals surface area contributed by atoms with Crippen molar-refractivity contribution in [1.29, 1.82) is 0 Å². The number of nitrogens with zero attached hydrogens (tertiary/aromatic N) is 2. The van der Waals surface area contributed by atoms with Gasteiger partial charge in [-0.25, -0.2) is 8.42 Å². The molecular formula is C22H22N2O4S. The second kappa shape index (κ2) is 7.48. The molecule has 2 heterocycles. The lowest BCUT2D eigenvalue weighted by Gasteiger charge is -2.28. The van der Waals surface area contributed by atoms with Crippen molar-refractivity contribution in [3.63, 3.8) is 0 Å². The molecule has 0 radical (unpaired) electrons. The Kier molecular flexibility index (Phi) is 5.00. The maximum absolute atomic E-state index is 13.3. The van der Waals surface area contributed by atoms with E-state index in [4.69, 9.17) is 0 Å². The van der Waals surface area contributed by atoms with E-state index < -0.39 is 9.84 Å². The molecule has 1 atom stereocenters. The highest BCUT2D eigenvalue weighted by Gasteiger charge is 2.34. The fourth-order valence-electron chi connectivity index (χ4n) is 4.09. The highest BCUT2D eigenvalue weighted by atomic mass is 32.2. The van der Waals surface area contributed by atoms with Crippen LogP contribution in [0.1, 0.15) is 6.42 Å². The summed E-state index contributed by atoms with van der Waals surface area (Å²) in [4.78, 5) is 27.7. The van der Waals surface area contributed by atoms with Crippen molar-refractivity contribution in [3.8, 4) is 0 Å². The first kappa shape index (κ1) is 19.4. The second-order valence-electron chi connectivity index (χ2n) is 7.34. The van der Waals surface area contributed by atoms with E-state index in [0.29, 0.717) is 28.2 Å². The molecule has 1 fully saturated rings. The number of aromatic nitrogens is 1. The average Bonchev–Trinajstić information content (AvgIpc) is 3.08.